The molecule has 0 saturated heterocycles. The average molecular weight is 275 g/mol. The van der Waals surface area contributed by atoms with Crippen LogP contribution in [-0.2, 0) is 0 Å². The smallest absolute Gasteiger partial charge is 0.379 e. The number of aliphatic hydroxyl groups excluding tert-OH is 1. The van der Waals surface area contributed by atoms with Gasteiger partial charge in [-0.3, -0.25) is 0 Å². The normalized spacial score (nSPS) is 14.6. The third-order valence-electron chi connectivity index (χ3n) is 1.46. The molecule has 0 bridgehead atoms. The summed E-state index contributed by atoms with van der Waals surface area (Å²) >= 11 is 4.02. The van der Waals surface area contributed by atoms with E-state index in [2.05, 4.69) is 15.9 Å². The monoisotopic (exact) mass is 274 g/mol. The molecular weight excluding hydrogens is 269 g/mol. The summed E-state index contributed by atoms with van der Waals surface area (Å²) in [6.45, 7) is 1.68. The molecule has 74 valence electrons. The maximum atomic E-state index is 12.0. The summed E-state index contributed by atoms with van der Waals surface area (Å²) in [6.07, 6.45) is -6.96. The van der Waals surface area contributed by atoms with Gasteiger partial charge in [-0.25, -0.2) is 0 Å². The molecule has 0 aromatic carbocycles. The van der Waals surface area contributed by atoms with Crippen molar-refractivity contribution in [3.05, 3.63) is 20.3 Å². The highest BCUT2D eigenvalue weighted by molar-refractivity contribution is 9.10. The van der Waals surface area contributed by atoms with Crippen LogP contribution >= 0.6 is 27.3 Å². The molecule has 0 saturated carbocycles. The molecule has 0 spiro atoms. The predicted molar refractivity (Wildman–Crippen MR) is 47.8 cm³/mol. The van der Waals surface area contributed by atoms with Crippen LogP contribution in [0.3, 0.4) is 0 Å². The van der Waals surface area contributed by atoms with Crippen LogP contribution in [0.25, 0.3) is 0 Å². The molecule has 0 radical (unpaired) electrons. The quantitative estimate of drug-likeness (QED) is 0.832. The van der Waals surface area contributed by atoms with E-state index in [4.69, 9.17) is 5.11 Å². The first-order chi connectivity index (χ1) is 5.82. The molecule has 0 aliphatic carbocycles. The first kappa shape index (κ1) is 11.0. The number of alkyl halides is 3. The molecule has 0 fully saturated rings. The van der Waals surface area contributed by atoms with Gasteiger partial charge in [0.15, 0.2) is 6.10 Å². The van der Waals surface area contributed by atoms with E-state index in [1.54, 1.807) is 6.92 Å². The molecule has 0 unspecified atom stereocenters. The summed E-state index contributed by atoms with van der Waals surface area (Å²) in [5.41, 5.74) is 0. The molecule has 1 aromatic rings. The number of hydrogen-bond acceptors (Lipinski definition) is 2. The van der Waals surface area contributed by atoms with Crippen LogP contribution in [-0.4, -0.2) is 11.3 Å². The molecule has 6 heteroatoms. The summed E-state index contributed by atoms with van der Waals surface area (Å²) in [7, 11) is 0. The second-order valence-corrected chi connectivity index (χ2v) is 4.64. The second-order valence-electron chi connectivity index (χ2n) is 2.50. The Labute approximate surface area is 85.3 Å². The minimum atomic E-state index is -4.59. The number of aryl methyl sites for hydroxylation is 1. The SMILES string of the molecule is Cc1sc([C@H](O)C(F)(F)F)cc1Br. The van der Waals surface area contributed by atoms with E-state index in [-0.39, 0.29) is 4.88 Å². The first-order valence-corrected chi connectivity index (χ1v) is 4.94. The van der Waals surface area contributed by atoms with Crippen molar-refractivity contribution in [3.63, 3.8) is 0 Å². The Kier molecular flexibility index (Phi) is 3.04. The van der Waals surface area contributed by atoms with E-state index < -0.39 is 12.3 Å². The predicted octanol–water partition coefficient (Wildman–Crippen LogP) is 3.41. The molecule has 1 atom stereocenters. The third-order valence-corrected chi connectivity index (χ3v) is 3.64. The fourth-order valence-electron chi connectivity index (χ4n) is 0.778. The van der Waals surface area contributed by atoms with E-state index >= 15 is 0 Å². The average Bonchev–Trinajstić information content (AvgIpc) is 2.29. The van der Waals surface area contributed by atoms with Gasteiger partial charge in [0.1, 0.15) is 0 Å². The Morgan fingerprint density at radius 3 is 2.38 bits per heavy atom. The van der Waals surface area contributed by atoms with Crippen molar-refractivity contribution < 1.29 is 18.3 Å². The topological polar surface area (TPSA) is 20.2 Å². The number of halogens is 4. The zero-order valence-corrected chi connectivity index (χ0v) is 8.92. The van der Waals surface area contributed by atoms with Gasteiger partial charge in [-0.1, -0.05) is 0 Å². The van der Waals surface area contributed by atoms with Gasteiger partial charge < -0.3 is 5.11 Å². The van der Waals surface area contributed by atoms with Crippen molar-refractivity contribution in [3.8, 4) is 0 Å². The van der Waals surface area contributed by atoms with Crippen molar-refractivity contribution in [2.24, 2.45) is 0 Å². The van der Waals surface area contributed by atoms with Crippen LogP contribution in [0.4, 0.5) is 13.2 Å². The van der Waals surface area contributed by atoms with Crippen LogP contribution in [0.15, 0.2) is 10.5 Å². The Morgan fingerprint density at radius 1 is 1.54 bits per heavy atom. The van der Waals surface area contributed by atoms with Gasteiger partial charge >= 0.3 is 6.18 Å². The second kappa shape index (κ2) is 3.59. The number of aliphatic hydroxyl groups is 1. The third kappa shape index (κ3) is 2.45. The van der Waals surface area contributed by atoms with Crippen LogP contribution in [0.5, 0.6) is 0 Å². The summed E-state index contributed by atoms with van der Waals surface area (Å²) in [5.74, 6) is 0. The van der Waals surface area contributed by atoms with Gasteiger partial charge in [0.25, 0.3) is 0 Å². The minimum Gasteiger partial charge on any atom is -0.379 e. The summed E-state index contributed by atoms with van der Waals surface area (Å²) in [6, 6.07) is 1.29. The molecule has 1 heterocycles. The van der Waals surface area contributed by atoms with E-state index in [1.165, 1.54) is 6.07 Å². The van der Waals surface area contributed by atoms with E-state index in [9.17, 15) is 13.2 Å². The molecule has 1 nitrogen and oxygen atoms in total. The highest BCUT2D eigenvalue weighted by Gasteiger charge is 2.40. The number of hydrogen-bond donors (Lipinski definition) is 1. The molecule has 1 aromatic heterocycles. The fraction of sp³-hybridized carbons (Fsp3) is 0.429. The Hall–Kier alpha value is -0.0700. The molecule has 0 amide bonds. The van der Waals surface area contributed by atoms with Crippen molar-refractivity contribution in [2.45, 2.75) is 19.2 Å². The maximum absolute atomic E-state index is 12.0. The number of rotatable bonds is 1. The van der Waals surface area contributed by atoms with Crippen molar-refractivity contribution >= 4 is 27.3 Å². The highest BCUT2D eigenvalue weighted by atomic mass is 79.9. The van der Waals surface area contributed by atoms with E-state index in [1.807, 2.05) is 0 Å². The van der Waals surface area contributed by atoms with Crippen LogP contribution in [0.1, 0.15) is 15.9 Å². The standard InChI is InChI=1S/C7H6BrF3OS/c1-3-4(8)2-5(13-3)6(12)7(9,10)11/h2,6,12H,1H3/t6-/m0/s1. The zero-order valence-electron chi connectivity index (χ0n) is 6.52. The highest BCUT2D eigenvalue weighted by Crippen LogP contribution is 2.38. The summed E-state index contributed by atoms with van der Waals surface area (Å²) in [4.78, 5) is 0.634. The van der Waals surface area contributed by atoms with Gasteiger partial charge in [-0.15, -0.1) is 11.3 Å². The Bertz CT molecular complexity index is 288. The van der Waals surface area contributed by atoms with Crippen molar-refractivity contribution in [1.29, 1.82) is 0 Å². The lowest BCUT2D eigenvalue weighted by Crippen LogP contribution is -2.18. The number of thiophene rings is 1. The van der Waals surface area contributed by atoms with Crippen molar-refractivity contribution in [1.82, 2.24) is 0 Å². The van der Waals surface area contributed by atoms with Crippen molar-refractivity contribution in [2.75, 3.05) is 0 Å². The Morgan fingerprint density at radius 2 is 2.08 bits per heavy atom. The van der Waals surface area contributed by atoms with Gasteiger partial charge in [0, 0.05) is 14.2 Å². The van der Waals surface area contributed by atoms with Gasteiger partial charge in [0.2, 0.25) is 0 Å². The van der Waals surface area contributed by atoms with Gasteiger partial charge in [0.05, 0.1) is 0 Å². The van der Waals surface area contributed by atoms with Gasteiger partial charge in [-0.05, 0) is 28.9 Å². The lowest BCUT2D eigenvalue weighted by Gasteiger charge is -2.11. The van der Waals surface area contributed by atoms with Crippen LogP contribution < -0.4 is 0 Å². The molecule has 0 aliphatic rings. The van der Waals surface area contributed by atoms with E-state index in [0.717, 1.165) is 16.2 Å². The molecular formula is C7H6BrF3OS. The Balaban J connectivity index is 2.96. The van der Waals surface area contributed by atoms with E-state index in [0.29, 0.717) is 4.47 Å². The maximum Gasteiger partial charge on any atom is 0.419 e. The molecule has 1 N–H and O–H groups in total. The lowest BCUT2D eigenvalue weighted by molar-refractivity contribution is -0.205. The van der Waals surface area contributed by atoms with Crippen LogP contribution in [0.2, 0.25) is 0 Å². The molecule has 13 heavy (non-hydrogen) atoms. The minimum absolute atomic E-state index is 0.0862. The molecule has 0 aliphatic heterocycles. The van der Waals surface area contributed by atoms with Crippen LogP contribution in [0, 0.1) is 6.92 Å². The summed E-state index contributed by atoms with van der Waals surface area (Å²) in [5, 5.41) is 8.86. The first-order valence-electron chi connectivity index (χ1n) is 3.33. The van der Waals surface area contributed by atoms with Gasteiger partial charge in [-0.2, -0.15) is 13.2 Å². The largest absolute Gasteiger partial charge is 0.419 e. The zero-order chi connectivity index (χ0) is 10.2. The summed E-state index contributed by atoms with van der Waals surface area (Å²) < 4.78 is 36.6. The molecule has 1 rings (SSSR count). The fourth-order valence-corrected chi connectivity index (χ4v) is 2.35. The lowest BCUT2D eigenvalue weighted by atomic mass is 10.3.